The highest BCUT2D eigenvalue weighted by Gasteiger charge is 2.36. The van der Waals surface area contributed by atoms with Gasteiger partial charge in [-0.3, -0.25) is 0 Å². The summed E-state index contributed by atoms with van der Waals surface area (Å²) in [4.78, 5) is 1.73. The Labute approximate surface area is 118 Å². The molecule has 0 saturated carbocycles. The third-order valence-corrected chi connectivity index (χ3v) is 3.79. The Bertz CT molecular complexity index is 477. The predicted molar refractivity (Wildman–Crippen MR) is 74.4 cm³/mol. The normalized spacial score (nSPS) is 22.4. The molecule has 1 N–H and O–H groups in total. The van der Waals surface area contributed by atoms with Crippen molar-refractivity contribution >= 4 is 5.69 Å². The lowest BCUT2D eigenvalue weighted by Crippen LogP contribution is -2.63. The second kappa shape index (κ2) is 5.28. The van der Waals surface area contributed by atoms with Crippen molar-refractivity contribution in [1.82, 2.24) is 5.32 Å². The van der Waals surface area contributed by atoms with Crippen LogP contribution in [0.3, 0.4) is 0 Å². The molecule has 0 bridgehead atoms. The van der Waals surface area contributed by atoms with E-state index in [1.807, 2.05) is 27.7 Å². The highest BCUT2D eigenvalue weighted by Crippen LogP contribution is 2.31. The summed E-state index contributed by atoms with van der Waals surface area (Å²) in [6.07, 6.45) is 0. The molecule has 1 atom stereocenters. The second-order valence-corrected chi connectivity index (χ2v) is 6.42. The lowest BCUT2D eigenvalue weighted by molar-refractivity contribution is 0.273. The van der Waals surface area contributed by atoms with E-state index in [0.29, 0.717) is 13.1 Å². The number of hydrogen-bond donors (Lipinski definition) is 1. The van der Waals surface area contributed by atoms with Crippen LogP contribution in [-0.4, -0.2) is 24.7 Å². The molecular weight excluding hydrogens is 265 g/mol. The Morgan fingerprint density at radius 2 is 1.75 bits per heavy atom. The van der Waals surface area contributed by atoms with Crippen molar-refractivity contribution in [2.24, 2.45) is 5.92 Å². The van der Waals surface area contributed by atoms with Gasteiger partial charge in [-0.25, -0.2) is 13.2 Å². The van der Waals surface area contributed by atoms with Gasteiger partial charge in [-0.15, -0.1) is 0 Å². The SMILES string of the molecule is CC(C)C1CNC(C)(C)CN1c1c(F)cc(F)cc1F. The van der Waals surface area contributed by atoms with E-state index in [9.17, 15) is 13.2 Å². The zero-order chi connectivity index (χ0) is 15.1. The van der Waals surface area contributed by atoms with Crippen LogP contribution in [0, 0.1) is 23.4 Å². The molecule has 112 valence electrons. The molecular formula is C15H21F3N2. The minimum Gasteiger partial charge on any atom is -0.360 e. The molecule has 0 aromatic heterocycles. The van der Waals surface area contributed by atoms with Crippen LogP contribution < -0.4 is 10.2 Å². The summed E-state index contributed by atoms with van der Waals surface area (Å²) in [5, 5.41) is 3.38. The van der Waals surface area contributed by atoms with Crippen molar-refractivity contribution in [2.75, 3.05) is 18.0 Å². The van der Waals surface area contributed by atoms with Crippen LogP contribution in [0.15, 0.2) is 12.1 Å². The Morgan fingerprint density at radius 1 is 1.20 bits per heavy atom. The fourth-order valence-corrected chi connectivity index (χ4v) is 2.74. The van der Waals surface area contributed by atoms with E-state index in [0.717, 1.165) is 12.1 Å². The van der Waals surface area contributed by atoms with E-state index in [1.165, 1.54) is 0 Å². The first-order valence-electron chi connectivity index (χ1n) is 6.87. The summed E-state index contributed by atoms with van der Waals surface area (Å²) < 4.78 is 41.2. The number of piperazine rings is 1. The van der Waals surface area contributed by atoms with Crippen molar-refractivity contribution < 1.29 is 13.2 Å². The molecule has 0 aliphatic carbocycles. The molecule has 20 heavy (non-hydrogen) atoms. The van der Waals surface area contributed by atoms with Gasteiger partial charge in [0.1, 0.15) is 11.5 Å². The number of anilines is 1. The Hall–Kier alpha value is -1.23. The largest absolute Gasteiger partial charge is 0.360 e. The van der Waals surface area contributed by atoms with Gasteiger partial charge in [0.2, 0.25) is 0 Å². The summed E-state index contributed by atoms with van der Waals surface area (Å²) in [5.74, 6) is -2.35. The van der Waals surface area contributed by atoms with Crippen molar-refractivity contribution in [3.63, 3.8) is 0 Å². The van der Waals surface area contributed by atoms with Crippen LogP contribution in [0.4, 0.5) is 18.9 Å². The van der Waals surface area contributed by atoms with E-state index < -0.39 is 17.5 Å². The first-order chi connectivity index (χ1) is 9.21. The van der Waals surface area contributed by atoms with Gasteiger partial charge in [0.25, 0.3) is 0 Å². The third-order valence-electron chi connectivity index (χ3n) is 3.79. The van der Waals surface area contributed by atoms with Crippen LogP contribution >= 0.6 is 0 Å². The van der Waals surface area contributed by atoms with E-state index in [1.54, 1.807) is 4.90 Å². The van der Waals surface area contributed by atoms with Gasteiger partial charge in [-0.1, -0.05) is 13.8 Å². The molecule has 1 heterocycles. The molecule has 2 rings (SSSR count). The van der Waals surface area contributed by atoms with E-state index in [2.05, 4.69) is 5.32 Å². The number of halogens is 3. The zero-order valence-corrected chi connectivity index (χ0v) is 12.3. The number of rotatable bonds is 2. The highest BCUT2D eigenvalue weighted by atomic mass is 19.1. The van der Waals surface area contributed by atoms with Gasteiger partial charge in [0.05, 0.1) is 0 Å². The van der Waals surface area contributed by atoms with Crippen LogP contribution in [0.1, 0.15) is 27.7 Å². The van der Waals surface area contributed by atoms with E-state index >= 15 is 0 Å². The maximum atomic E-state index is 14.0. The van der Waals surface area contributed by atoms with Crippen LogP contribution in [0.25, 0.3) is 0 Å². The van der Waals surface area contributed by atoms with Crippen LogP contribution in [0.2, 0.25) is 0 Å². The third kappa shape index (κ3) is 2.92. The van der Waals surface area contributed by atoms with E-state index in [4.69, 9.17) is 0 Å². The molecule has 1 aromatic carbocycles. The van der Waals surface area contributed by atoms with E-state index in [-0.39, 0.29) is 23.2 Å². The second-order valence-electron chi connectivity index (χ2n) is 6.42. The van der Waals surface area contributed by atoms with Crippen molar-refractivity contribution in [1.29, 1.82) is 0 Å². The topological polar surface area (TPSA) is 15.3 Å². The maximum absolute atomic E-state index is 14.0. The molecule has 1 aliphatic heterocycles. The van der Waals surface area contributed by atoms with Crippen LogP contribution in [0.5, 0.6) is 0 Å². The molecule has 0 spiro atoms. The first kappa shape index (κ1) is 15.2. The fraction of sp³-hybridized carbons (Fsp3) is 0.600. The highest BCUT2D eigenvalue weighted by molar-refractivity contribution is 5.51. The molecule has 1 aliphatic rings. The molecule has 5 heteroatoms. The van der Waals surface area contributed by atoms with Gasteiger partial charge in [0, 0.05) is 36.8 Å². The van der Waals surface area contributed by atoms with Crippen molar-refractivity contribution in [3.8, 4) is 0 Å². The van der Waals surface area contributed by atoms with Gasteiger partial charge in [0.15, 0.2) is 11.6 Å². The Balaban J connectivity index is 2.46. The number of nitrogens with one attached hydrogen (secondary N) is 1. The smallest absolute Gasteiger partial charge is 0.152 e. The molecule has 1 unspecified atom stereocenters. The summed E-state index contributed by atoms with van der Waals surface area (Å²) in [6.45, 7) is 9.09. The summed E-state index contributed by atoms with van der Waals surface area (Å²) >= 11 is 0. The molecule has 0 amide bonds. The Morgan fingerprint density at radius 3 is 2.25 bits per heavy atom. The fourth-order valence-electron chi connectivity index (χ4n) is 2.74. The number of benzene rings is 1. The summed E-state index contributed by atoms with van der Waals surface area (Å²) in [5.41, 5.74) is -0.377. The Kier molecular flexibility index (Phi) is 4.00. The molecule has 0 radical (unpaired) electrons. The van der Waals surface area contributed by atoms with Gasteiger partial charge < -0.3 is 10.2 Å². The zero-order valence-electron chi connectivity index (χ0n) is 12.3. The molecule has 1 fully saturated rings. The molecule has 2 nitrogen and oxygen atoms in total. The summed E-state index contributed by atoms with van der Waals surface area (Å²) in [6, 6.07) is 1.45. The monoisotopic (exact) mass is 286 g/mol. The van der Waals surface area contributed by atoms with Gasteiger partial charge in [-0.05, 0) is 19.8 Å². The minimum atomic E-state index is -0.890. The summed E-state index contributed by atoms with van der Waals surface area (Å²) in [7, 11) is 0. The quantitative estimate of drug-likeness (QED) is 0.897. The van der Waals surface area contributed by atoms with Gasteiger partial charge in [-0.2, -0.15) is 0 Å². The maximum Gasteiger partial charge on any atom is 0.152 e. The van der Waals surface area contributed by atoms with Crippen LogP contribution in [-0.2, 0) is 0 Å². The molecule has 1 saturated heterocycles. The lowest BCUT2D eigenvalue weighted by Gasteiger charge is -2.47. The predicted octanol–water partition coefficient (Wildman–Crippen LogP) is 3.32. The standard InChI is InChI=1S/C15H21F3N2/c1-9(2)13-7-19-15(3,4)8-20(13)14-11(17)5-10(16)6-12(14)18/h5-6,9,13,19H,7-8H2,1-4H3. The first-order valence-corrected chi connectivity index (χ1v) is 6.87. The van der Waals surface area contributed by atoms with Gasteiger partial charge >= 0.3 is 0 Å². The minimum absolute atomic E-state index is 0.0301. The number of hydrogen-bond acceptors (Lipinski definition) is 2. The average Bonchev–Trinajstić information content (AvgIpc) is 2.25. The van der Waals surface area contributed by atoms with Crippen molar-refractivity contribution in [2.45, 2.75) is 39.3 Å². The number of nitrogens with zero attached hydrogens (tertiary/aromatic N) is 1. The molecule has 1 aromatic rings. The van der Waals surface area contributed by atoms with Crippen molar-refractivity contribution in [3.05, 3.63) is 29.6 Å². The lowest BCUT2D eigenvalue weighted by atomic mass is 9.92. The average molecular weight is 286 g/mol.